The average molecular weight is 478 g/mol. The number of rotatable bonds is 7. The molecule has 1 amide bonds. The zero-order chi connectivity index (χ0) is 22.2. The van der Waals surface area contributed by atoms with Crippen LogP contribution in [-0.4, -0.2) is 17.4 Å². The fourth-order valence-corrected chi connectivity index (χ4v) is 3.10. The normalized spacial score (nSPS) is 10.8. The highest BCUT2D eigenvalue weighted by atomic mass is 79.9. The van der Waals surface area contributed by atoms with Crippen molar-refractivity contribution in [3.05, 3.63) is 98.5 Å². The van der Waals surface area contributed by atoms with Gasteiger partial charge in [-0.3, -0.25) is 14.9 Å². The Morgan fingerprint density at radius 2 is 1.84 bits per heavy atom. The molecule has 3 aromatic rings. The van der Waals surface area contributed by atoms with Gasteiger partial charge in [-0.15, -0.1) is 0 Å². The van der Waals surface area contributed by atoms with Crippen LogP contribution < -0.4 is 10.1 Å². The Bertz CT molecular complexity index is 1170. The van der Waals surface area contributed by atoms with E-state index >= 15 is 0 Å². The number of nitrogens with zero attached hydrogens (tertiary/aromatic N) is 2. The average Bonchev–Trinajstić information content (AvgIpc) is 2.77. The fraction of sp³-hybridized carbons (Fsp3) is 0.0435. The van der Waals surface area contributed by atoms with E-state index in [2.05, 4.69) is 27.3 Å². The van der Waals surface area contributed by atoms with Gasteiger partial charge in [0.15, 0.2) is 6.61 Å². The van der Waals surface area contributed by atoms with E-state index in [1.54, 1.807) is 36.4 Å². The molecular weight excluding hydrogens is 462 g/mol. The number of amides is 1. The second-order valence-electron chi connectivity index (χ2n) is 6.36. The number of hydrogen-bond acceptors (Lipinski definition) is 5. The molecule has 3 aromatic carbocycles. The van der Waals surface area contributed by atoms with E-state index in [0.717, 1.165) is 4.47 Å². The number of nitro groups is 1. The first-order valence-electron chi connectivity index (χ1n) is 9.10. The lowest BCUT2D eigenvalue weighted by molar-refractivity contribution is -0.384. The number of nitriles is 1. The molecule has 3 rings (SSSR count). The van der Waals surface area contributed by atoms with Gasteiger partial charge in [0.1, 0.15) is 5.75 Å². The minimum Gasteiger partial charge on any atom is -0.483 e. The number of para-hydroxylation sites is 1. The van der Waals surface area contributed by atoms with Gasteiger partial charge in [-0.25, -0.2) is 0 Å². The van der Waals surface area contributed by atoms with E-state index < -0.39 is 4.92 Å². The van der Waals surface area contributed by atoms with Crippen LogP contribution in [0.2, 0.25) is 0 Å². The molecule has 0 bridgehead atoms. The van der Waals surface area contributed by atoms with E-state index in [4.69, 9.17) is 4.74 Å². The Morgan fingerprint density at radius 1 is 1.13 bits per heavy atom. The standard InChI is InChI=1S/C23H16BrN3O4/c24-19-8-11-22(31-15-23(28)26-20-4-2-1-3-5-20)17(13-19)12-18(14-25)16-6-9-21(10-7-16)27(29)30/h1-13H,15H2,(H,26,28)/b18-12+. The van der Waals surface area contributed by atoms with Crippen molar-refractivity contribution in [3.8, 4) is 11.8 Å². The van der Waals surface area contributed by atoms with Gasteiger partial charge >= 0.3 is 0 Å². The maximum absolute atomic E-state index is 12.2. The van der Waals surface area contributed by atoms with Gasteiger partial charge in [-0.2, -0.15) is 5.26 Å². The molecule has 0 aliphatic rings. The van der Waals surface area contributed by atoms with Crippen molar-refractivity contribution in [2.75, 3.05) is 11.9 Å². The predicted octanol–water partition coefficient (Wildman–Crippen LogP) is 5.44. The molecule has 31 heavy (non-hydrogen) atoms. The van der Waals surface area contributed by atoms with Gasteiger partial charge in [-0.05, 0) is 54.1 Å². The van der Waals surface area contributed by atoms with Gasteiger partial charge in [-0.1, -0.05) is 34.1 Å². The van der Waals surface area contributed by atoms with Crippen LogP contribution in [0.5, 0.6) is 5.75 Å². The molecule has 0 aromatic heterocycles. The first-order valence-corrected chi connectivity index (χ1v) is 9.89. The number of halogens is 1. The largest absolute Gasteiger partial charge is 0.483 e. The third-order valence-electron chi connectivity index (χ3n) is 4.20. The number of benzene rings is 3. The van der Waals surface area contributed by atoms with Crippen molar-refractivity contribution in [1.82, 2.24) is 0 Å². The number of carbonyl (C=O) groups excluding carboxylic acids is 1. The summed E-state index contributed by atoms with van der Waals surface area (Å²) in [5.74, 6) is 0.0981. The molecule has 0 aliphatic carbocycles. The molecule has 0 unspecified atom stereocenters. The zero-order valence-electron chi connectivity index (χ0n) is 16.1. The van der Waals surface area contributed by atoms with Gasteiger partial charge in [0.2, 0.25) is 0 Å². The summed E-state index contributed by atoms with van der Waals surface area (Å²) in [6.07, 6.45) is 1.61. The monoisotopic (exact) mass is 477 g/mol. The van der Waals surface area contributed by atoms with Crippen LogP contribution in [0.4, 0.5) is 11.4 Å². The van der Waals surface area contributed by atoms with Crippen molar-refractivity contribution in [3.63, 3.8) is 0 Å². The van der Waals surface area contributed by atoms with Gasteiger partial charge in [0, 0.05) is 27.9 Å². The first kappa shape index (κ1) is 21.7. The van der Waals surface area contributed by atoms with Gasteiger partial charge < -0.3 is 10.1 Å². The maximum Gasteiger partial charge on any atom is 0.269 e. The Morgan fingerprint density at radius 3 is 2.48 bits per heavy atom. The van der Waals surface area contributed by atoms with Crippen molar-refractivity contribution in [2.45, 2.75) is 0 Å². The lowest BCUT2D eigenvalue weighted by Crippen LogP contribution is -2.20. The third-order valence-corrected chi connectivity index (χ3v) is 4.69. The van der Waals surface area contributed by atoms with Crippen LogP contribution in [0.15, 0.2) is 77.3 Å². The summed E-state index contributed by atoms with van der Waals surface area (Å²) in [6.45, 7) is -0.212. The number of nitrogens with one attached hydrogen (secondary N) is 1. The van der Waals surface area contributed by atoms with Gasteiger partial charge in [0.25, 0.3) is 11.6 Å². The number of nitro benzene ring substituents is 1. The van der Waals surface area contributed by atoms with E-state index in [9.17, 15) is 20.2 Å². The molecule has 0 heterocycles. The molecule has 1 N–H and O–H groups in total. The fourth-order valence-electron chi connectivity index (χ4n) is 2.72. The van der Waals surface area contributed by atoms with Crippen molar-refractivity contribution >= 4 is 44.9 Å². The summed E-state index contributed by atoms with van der Waals surface area (Å²) in [5, 5.41) is 23.2. The van der Waals surface area contributed by atoms with Crippen LogP contribution in [0.1, 0.15) is 11.1 Å². The minimum atomic E-state index is -0.500. The van der Waals surface area contributed by atoms with Crippen molar-refractivity contribution in [2.24, 2.45) is 0 Å². The van der Waals surface area contributed by atoms with E-state index in [1.807, 2.05) is 18.2 Å². The SMILES string of the molecule is N#C/C(=C\c1cc(Br)ccc1OCC(=O)Nc1ccccc1)c1ccc([N+](=O)[O-])cc1. The summed E-state index contributed by atoms with van der Waals surface area (Å²) in [4.78, 5) is 22.5. The summed E-state index contributed by atoms with van der Waals surface area (Å²) < 4.78 is 6.45. The summed E-state index contributed by atoms with van der Waals surface area (Å²) >= 11 is 3.39. The van der Waals surface area contributed by atoms with E-state index in [1.165, 1.54) is 24.3 Å². The molecule has 0 atom stereocenters. The molecule has 8 heteroatoms. The van der Waals surface area contributed by atoms with Crippen LogP contribution in [0, 0.1) is 21.4 Å². The Balaban J connectivity index is 1.80. The molecule has 154 valence electrons. The minimum absolute atomic E-state index is 0.0584. The van der Waals surface area contributed by atoms with E-state index in [-0.39, 0.29) is 18.2 Å². The van der Waals surface area contributed by atoms with Crippen LogP contribution in [0.25, 0.3) is 11.6 Å². The van der Waals surface area contributed by atoms with Crippen molar-refractivity contribution in [1.29, 1.82) is 5.26 Å². The molecule has 0 saturated heterocycles. The van der Waals surface area contributed by atoms with Crippen LogP contribution in [-0.2, 0) is 4.79 Å². The summed E-state index contributed by atoms with van der Waals surface area (Å²) in [7, 11) is 0. The molecule has 0 spiro atoms. The second kappa shape index (κ2) is 10.2. The molecule has 0 saturated carbocycles. The summed E-state index contributed by atoms with van der Waals surface area (Å²) in [5.41, 5.74) is 2.01. The molecule has 0 radical (unpaired) electrons. The molecular formula is C23H16BrN3O4. The smallest absolute Gasteiger partial charge is 0.269 e. The highest BCUT2D eigenvalue weighted by molar-refractivity contribution is 9.10. The first-order chi connectivity index (χ1) is 15.0. The second-order valence-corrected chi connectivity index (χ2v) is 7.27. The maximum atomic E-state index is 12.2. The highest BCUT2D eigenvalue weighted by Gasteiger charge is 2.11. The Kier molecular flexibility index (Phi) is 7.14. The highest BCUT2D eigenvalue weighted by Crippen LogP contribution is 2.28. The number of allylic oxidation sites excluding steroid dienone is 1. The zero-order valence-corrected chi connectivity index (χ0v) is 17.7. The topological polar surface area (TPSA) is 105 Å². The third kappa shape index (κ3) is 6.01. The number of non-ortho nitro benzene ring substituents is 1. The lowest BCUT2D eigenvalue weighted by atomic mass is 10.0. The predicted molar refractivity (Wildman–Crippen MR) is 121 cm³/mol. The van der Waals surface area contributed by atoms with E-state index in [0.29, 0.717) is 28.1 Å². The van der Waals surface area contributed by atoms with Gasteiger partial charge in [0.05, 0.1) is 16.6 Å². The lowest BCUT2D eigenvalue weighted by Gasteiger charge is -2.11. The van der Waals surface area contributed by atoms with Crippen molar-refractivity contribution < 1.29 is 14.5 Å². The molecule has 7 nitrogen and oxygen atoms in total. The Hall–Kier alpha value is -3.96. The number of anilines is 1. The summed E-state index contributed by atoms with van der Waals surface area (Å²) in [6, 6.07) is 22.0. The molecule has 0 fully saturated rings. The number of carbonyl (C=O) groups is 1. The quantitative estimate of drug-likeness (QED) is 0.211. The number of ether oxygens (including phenoxy) is 1. The van der Waals surface area contributed by atoms with Crippen LogP contribution in [0.3, 0.4) is 0 Å². The molecule has 0 aliphatic heterocycles. The number of hydrogen-bond donors (Lipinski definition) is 1. The Labute approximate surface area is 186 Å². The van der Waals surface area contributed by atoms with Crippen LogP contribution >= 0.6 is 15.9 Å².